The van der Waals surface area contributed by atoms with Gasteiger partial charge < -0.3 is 15.7 Å². The van der Waals surface area contributed by atoms with E-state index in [1.807, 2.05) is 11.4 Å². The van der Waals surface area contributed by atoms with Crippen LogP contribution < -0.4 is 10.6 Å². The van der Waals surface area contributed by atoms with Crippen LogP contribution in [0.5, 0.6) is 0 Å². The molecule has 2 atom stereocenters. The molecule has 4 nitrogen and oxygen atoms in total. The van der Waals surface area contributed by atoms with Crippen LogP contribution in [-0.2, 0) is 0 Å². The number of fused-ring (bicyclic) bond motifs is 1. The molecule has 0 radical (unpaired) electrons. The van der Waals surface area contributed by atoms with Crippen molar-refractivity contribution in [2.24, 2.45) is 0 Å². The van der Waals surface area contributed by atoms with Gasteiger partial charge in [0, 0.05) is 11.9 Å². The lowest BCUT2D eigenvalue weighted by atomic mass is 9.92. The van der Waals surface area contributed by atoms with Crippen molar-refractivity contribution in [1.82, 2.24) is 10.6 Å². The molecule has 0 saturated carbocycles. The second kappa shape index (κ2) is 4.20. The first-order chi connectivity index (χ1) is 7.22. The molecule has 0 aliphatic heterocycles. The maximum atomic E-state index is 11.2. The Labute approximate surface area is 92.3 Å². The summed E-state index contributed by atoms with van der Waals surface area (Å²) < 4.78 is 0. The zero-order valence-corrected chi connectivity index (χ0v) is 9.30. The summed E-state index contributed by atoms with van der Waals surface area (Å²) in [6, 6.07) is 1.84. The average Bonchev–Trinajstić information content (AvgIpc) is 2.71. The fraction of sp³-hybridized carbons (Fsp3) is 0.500. The number of amides is 2. The molecule has 0 saturated heterocycles. The predicted molar refractivity (Wildman–Crippen MR) is 58.8 cm³/mol. The van der Waals surface area contributed by atoms with E-state index in [2.05, 4.69) is 10.6 Å². The quantitative estimate of drug-likeness (QED) is 0.680. The first-order valence-corrected chi connectivity index (χ1v) is 5.84. The summed E-state index contributed by atoms with van der Waals surface area (Å²) in [5.74, 6) is 0. The van der Waals surface area contributed by atoms with E-state index in [1.165, 1.54) is 0 Å². The summed E-state index contributed by atoms with van der Waals surface area (Å²) >= 11 is 1.55. The fourth-order valence-electron chi connectivity index (χ4n) is 1.88. The van der Waals surface area contributed by atoms with E-state index in [0.29, 0.717) is 6.42 Å². The second-order valence-electron chi connectivity index (χ2n) is 3.61. The number of carbonyl (C=O) groups excluding carboxylic acids is 1. The maximum Gasteiger partial charge on any atom is 0.315 e. The molecular formula is C10H14N2O2S. The average molecular weight is 226 g/mol. The molecule has 0 bridgehead atoms. The molecule has 0 spiro atoms. The van der Waals surface area contributed by atoms with Crippen molar-refractivity contribution in [3.8, 4) is 0 Å². The van der Waals surface area contributed by atoms with Crippen LogP contribution in [0.1, 0.15) is 35.4 Å². The van der Waals surface area contributed by atoms with Gasteiger partial charge in [0.1, 0.15) is 0 Å². The molecule has 1 aromatic heterocycles. The van der Waals surface area contributed by atoms with Crippen molar-refractivity contribution < 1.29 is 9.90 Å². The lowest BCUT2D eigenvalue weighted by Gasteiger charge is -2.26. The number of nitrogens with one attached hydrogen (secondary N) is 2. The van der Waals surface area contributed by atoms with Gasteiger partial charge in [-0.05, 0) is 29.9 Å². The van der Waals surface area contributed by atoms with E-state index < -0.39 is 0 Å². The Kier molecular flexibility index (Phi) is 2.93. The molecule has 0 fully saturated rings. The summed E-state index contributed by atoms with van der Waals surface area (Å²) in [4.78, 5) is 12.2. The minimum Gasteiger partial charge on any atom is -0.388 e. The fourth-order valence-corrected chi connectivity index (χ4v) is 2.86. The van der Waals surface area contributed by atoms with Gasteiger partial charge in [0.25, 0.3) is 0 Å². The Morgan fingerprint density at radius 3 is 3.13 bits per heavy atom. The third kappa shape index (κ3) is 1.98. The van der Waals surface area contributed by atoms with Gasteiger partial charge in [0.15, 0.2) is 0 Å². The van der Waals surface area contributed by atoms with Crippen molar-refractivity contribution in [2.75, 3.05) is 7.05 Å². The minimum atomic E-state index is -0.359. The normalized spacial score (nSPS) is 24.4. The summed E-state index contributed by atoms with van der Waals surface area (Å²) in [5.41, 5.74) is 1.06. The highest BCUT2D eigenvalue weighted by molar-refractivity contribution is 7.10. The van der Waals surface area contributed by atoms with Gasteiger partial charge >= 0.3 is 6.03 Å². The van der Waals surface area contributed by atoms with Crippen LogP contribution in [-0.4, -0.2) is 18.2 Å². The number of thiophene rings is 1. The number of carbonyl (C=O) groups is 1. The summed E-state index contributed by atoms with van der Waals surface area (Å²) in [7, 11) is 1.60. The first-order valence-electron chi connectivity index (χ1n) is 4.96. The van der Waals surface area contributed by atoms with Crippen LogP contribution in [0.4, 0.5) is 4.79 Å². The second-order valence-corrected chi connectivity index (χ2v) is 4.56. The van der Waals surface area contributed by atoms with E-state index in [1.54, 1.807) is 18.4 Å². The third-order valence-electron chi connectivity index (χ3n) is 2.67. The van der Waals surface area contributed by atoms with Crippen molar-refractivity contribution in [3.05, 3.63) is 21.9 Å². The monoisotopic (exact) mass is 226 g/mol. The van der Waals surface area contributed by atoms with Gasteiger partial charge in [-0.1, -0.05) is 0 Å². The largest absolute Gasteiger partial charge is 0.388 e. The maximum absolute atomic E-state index is 11.2. The minimum absolute atomic E-state index is 0.0367. The highest BCUT2D eigenvalue weighted by atomic mass is 32.1. The highest BCUT2D eigenvalue weighted by Gasteiger charge is 2.27. The first kappa shape index (κ1) is 10.4. The molecule has 1 heterocycles. The van der Waals surface area contributed by atoms with Crippen LogP contribution in [0.2, 0.25) is 0 Å². The molecule has 82 valence electrons. The topological polar surface area (TPSA) is 61.4 Å². The summed E-state index contributed by atoms with van der Waals surface area (Å²) in [6.07, 6.45) is 1.14. The smallest absolute Gasteiger partial charge is 0.315 e. The van der Waals surface area contributed by atoms with Gasteiger partial charge in [-0.25, -0.2) is 4.79 Å². The number of urea groups is 1. The van der Waals surface area contributed by atoms with Crippen LogP contribution in [0, 0.1) is 0 Å². The Morgan fingerprint density at radius 1 is 1.60 bits per heavy atom. The zero-order chi connectivity index (χ0) is 10.8. The van der Waals surface area contributed by atoms with Crippen molar-refractivity contribution in [1.29, 1.82) is 0 Å². The van der Waals surface area contributed by atoms with Crippen LogP contribution in [0.3, 0.4) is 0 Å². The third-order valence-corrected chi connectivity index (χ3v) is 3.70. The number of aliphatic hydroxyl groups excluding tert-OH is 1. The molecule has 2 amide bonds. The van der Waals surface area contributed by atoms with E-state index >= 15 is 0 Å². The number of rotatable bonds is 1. The Hall–Kier alpha value is -1.07. The zero-order valence-electron chi connectivity index (χ0n) is 8.49. The summed E-state index contributed by atoms with van der Waals surface area (Å²) in [6.45, 7) is 0. The van der Waals surface area contributed by atoms with Crippen molar-refractivity contribution >= 4 is 17.4 Å². The predicted octanol–water partition coefficient (Wildman–Crippen LogP) is 1.55. The molecule has 15 heavy (non-hydrogen) atoms. The number of hydrogen-bond donors (Lipinski definition) is 3. The van der Waals surface area contributed by atoms with E-state index in [4.69, 9.17) is 0 Å². The lowest BCUT2D eigenvalue weighted by molar-refractivity contribution is 0.151. The van der Waals surface area contributed by atoms with Crippen LogP contribution in [0.15, 0.2) is 11.4 Å². The van der Waals surface area contributed by atoms with Crippen LogP contribution in [0.25, 0.3) is 0 Å². The molecule has 0 unspecified atom stereocenters. The number of aliphatic hydroxyl groups is 1. The van der Waals surface area contributed by atoms with Gasteiger partial charge in [-0.15, -0.1) is 11.3 Å². The van der Waals surface area contributed by atoms with Gasteiger partial charge in [0.2, 0.25) is 0 Å². The molecule has 1 aromatic rings. The van der Waals surface area contributed by atoms with E-state index in [0.717, 1.165) is 16.9 Å². The van der Waals surface area contributed by atoms with Gasteiger partial charge in [-0.2, -0.15) is 0 Å². The lowest BCUT2D eigenvalue weighted by Crippen LogP contribution is -2.37. The molecular weight excluding hydrogens is 212 g/mol. The Bertz CT molecular complexity index is 364. The van der Waals surface area contributed by atoms with E-state index in [-0.39, 0.29) is 18.2 Å². The van der Waals surface area contributed by atoms with Crippen LogP contribution >= 0.6 is 11.3 Å². The SMILES string of the molecule is CNC(=O)N[C@@H]1CC[C@H](O)c2sccc21. The molecule has 1 aliphatic rings. The van der Waals surface area contributed by atoms with Crippen molar-refractivity contribution in [2.45, 2.75) is 25.0 Å². The molecule has 3 N–H and O–H groups in total. The molecule has 1 aliphatic carbocycles. The summed E-state index contributed by atoms with van der Waals surface area (Å²) in [5, 5.41) is 17.1. The van der Waals surface area contributed by atoms with Gasteiger partial charge in [-0.3, -0.25) is 0 Å². The van der Waals surface area contributed by atoms with Gasteiger partial charge in [0.05, 0.1) is 12.1 Å². The molecule has 2 rings (SSSR count). The Morgan fingerprint density at radius 2 is 2.40 bits per heavy atom. The Balaban J connectivity index is 2.17. The van der Waals surface area contributed by atoms with E-state index in [9.17, 15) is 9.90 Å². The van der Waals surface area contributed by atoms with Crippen molar-refractivity contribution in [3.63, 3.8) is 0 Å². The molecule has 0 aromatic carbocycles. The number of hydrogen-bond acceptors (Lipinski definition) is 3. The standard InChI is InChI=1S/C10H14N2O2S/c1-11-10(14)12-7-2-3-8(13)9-6(7)4-5-15-9/h4-5,7-8,13H,2-3H2,1H3,(H2,11,12,14)/t7-,8+/m1/s1. The molecule has 5 heteroatoms. The highest BCUT2D eigenvalue weighted by Crippen LogP contribution is 2.39.